The Balaban J connectivity index is 2.03. The SMILES string of the molecule is CCCc1c(Cl)cccc1-c1cnc(-c2ccccc2)[nH]1. The maximum atomic E-state index is 6.35. The van der Waals surface area contributed by atoms with Crippen LogP contribution in [0.15, 0.2) is 54.7 Å². The van der Waals surface area contributed by atoms with Crippen LogP contribution in [-0.2, 0) is 6.42 Å². The van der Waals surface area contributed by atoms with Gasteiger partial charge in [0.25, 0.3) is 0 Å². The predicted octanol–water partition coefficient (Wildman–Crippen LogP) is 5.35. The first-order valence-electron chi connectivity index (χ1n) is 7.17. The van der Waals surface area contributed by atoms with Gasteiger partial charge in [0.15, 0.2) is 0 Å². The first-order valence-corrected chi connectivity index (χ1v) is 7.55. The zero-order valence-electron chi connectivity index (χ0n) is 11.9. The predicted molar refractivity (Wildman–Crippen MR) is 88.5 cm³/mol. The van der Waals surface area contributed by atoms with Crippen molar-refractivity contribution in [2.45, 2.75) is 19.8 Å². The summed E-state index contributed by atoms with van der Waals surface area (Å²) in [7, 11) is 0. The fourth-order valence-corrected chi connectivity index (χ4v) is 2.78. The van der Waals surface area contributed by atoms with Crippen molar-refractivity contribution < 1.29 is 0 Å². The molecule has 0 spiro atoms. The normalized spacial score (nSPS) is 10.8. The van der Waals surface area contributed by atoms with Crippen LogP contribution in [0.5, 0.6) is 0 Å². The van der Waals surface area contributed by atoms with Gasteiger partial charge < -0.3 is 4.98 Å². The molecule has 0 aliphatic carbocycles. The monoisotopic (exact) mass is 296 g/mol. The van der Waals surface area contributed by atoms with E-state index in [1.165, 1.54) is 5.56 Å². The van der Waals surface area contributed by atoms with Crippen molar-refractivity contribution in [2.75, 3.05) is 0 Å². The maximum absolute atomic E-state index is 6.35. The number of halogens is 1. The first kappa shape index (κ1) is 13.9. The van der Waals surface area contributed by atoms with Crippen molar-refractivity contribution in [1.82, 2.24) is 9.97 Å². The Hall–Kier alpha value is -2.06. The van der Waals surface area contributed by atoms with Crippen LogP contribution < -0.4 is 0 Å². The van der Waals surface area contributed by atoms with E-state index in [1.807, 2.05) is 48.7 Å². The van der Waals surface area contributed by atoms with E-state index in [1.54, 1.807) is 0 Å². The number of rotatable bonds is 4. The van der Waals surface area contributed by atoms with Gasteiger partial charge >= 0.3 is 0 Å². The molecule has 0 fully saturated rings. The Bertz CT molecular complexity index is 732. The molecule has 21 heavy (non-hydrogen) atoms. The minimum Gasteiger partial charge on any atom is -0.338 e. The van der Waals surface area contributed by atoms with Crippen LogP contribution in [0, 0.1) is 0 Å². The second kappa shape index (κ2) is 6.15. The number of nitrogens with zero attached hydrogens (tertiary/aromatic N) is 1. The van der Waals surface area contributed by atoms with E-state index in [0.717, 1.165) is 40.5 Å². The number of imidazole rings is 1. The van der Waals surface area contributed by atoms with Gasteiger partial charge in [0.1, 0.15) is 5.82 Å². The highest BCUT2D eigenvalue weighted by Crippen LogP contribution is 2.30. The van der Waals surface area contributed by atoms with Crippen molar-refractivity contribution in [1.29, 1.82) is 0 Å². The Morgan fingerprint density at radius 3 is 2.62 bits per heavy atom. The van der Waals surface area contributed by atoms with E-state index in [-0.39, 0.29) is 0 Å². The number of aromatic amines is 1. The lowest BCUT2D eigenvalue weighted by Gasteiger charge is -2.09. The molecule has 2 nitrogen and oxygen atoms in total. The molecule has 1 heterocycles. The second-order valence-electron chi connectivity index (χ2n) is 5.03. The standard InChI is InChI=1S/C18H17ClN2/c1-2-7-14-15(10-6-11-16(14)19)17-12-20-18(21-17)13-8-4-3-5-9-13/h3-6,8-12H,2,7H2,1H3,(H,20,21). The van der Waals surface area contributed by atoms with Gasteiger partial charge in [-0.3, -0.25) is 0 Å². The van der Waals surface area contributed by atoms with Crippen molar-refractivity contribution in [3.63, 3.8) is 0 Å². The highest BCUT2D eigenvalue weighted by molar-refractivity contribution is 6.31. The number of H-pyrrole nitrogens is 1. The van der Waals surface area contributed by atoms with E-state index < -0.39 is 0 Å². The van der Waals surface area contributed by atoms with Crippen molar-refractivity contribution in [3.05, 3.63) is 65.3 Å². The van der Waals surface area contributed by atoms with E-state index in [2.05, 4.69) is 23.0 Å². The van der Waals surface area contributed by atoms with Crippen LogP contribution in [0.25, 0.3) is 22.6 Å². The van der Waals surface area contributed by atoms with Gasteiger partial charge in [-0.1, -0.05) is 67.4 Å². The lowest BCUT2D eigenvalue weighted by atomic mass is 10.0. The van der Waals surface area contributed by atoms with Crippen LogP contribution >= 0.6 is 11.6 Å². The quantitative estimate of drug-likeness (QED) is 0.691. The van der Waals surface area contributed by atoms with Crippen LogP contribution in [0.2, 0.25) is 5.02 Å². The summed E-state index contributed by atoms with van der Waals surface area (Å²) < 4.78 is 0. The Morgan fingerprint density at radius 1 is 1.05 bits per heavy atom. The molecular weight excluding hydrogens is 280 g/mol. The molecular formula is C18H17ClN2. The summed E-state index contributed by atoms with van der Waals surface area (Å²) >= 11 is 6.35. The fourth-order valence-electron chi connectivity index (χ4n) is 2.52. The second-order valence-corrected chi connectivity index (χ2v) is 5.43. The van der Waals surface area contributed by atoms with E-state index in [9.17, 15) is 0 Å². The molecule has 0 aliphatic rings. The van der Waals surface area contributed by atoms with Crippen LogP contribution in [0.4, 0.5) is 0 Å². The Morgan fingerprint density at radius 2 is 1.86 bits per heavy atom. The third kappa shape index (κ3) is 2.86. The van der Waals surface area contributed by atoms with Gasteiger partial charge in [-0.25, -0.2) is 4.98 Å². The van der Waals surface area contributed by atoms with E-state index in [4.69, 9.17) is 11.6 Å². The Labute approximate surface area is 129 Å². The largest absolute Gasteiger partial charge is 0.338 e. The summed E-state index contributed by atoms with van der Waals surface area (Å²) in [5.41, 5.74) is 4.42. The molecule has 0 saturated heterocycles. The minimum atomic E-state index is 0.824. The third-order valence-electron chi connectivity index (χ3n) is 3.53. The molecule has 1 aromatic heterocycles. The van der Waals surface area contributed by atoms with Crippen molar-refractivity contribution >= 4 is 11.6 Å². The number of benzene rings is 2. The molecule has 0 bridgehead atoms. The lowest BCUT2D eigenvalue weighted by molar-refractivity contribution is 0.923. The average Bonchev–Trinajstić information content (AvgIpc) is 3.00. The number of hydrogen-bond acceptors (Lipinski definition) is 1. The minimum absolute atomic E-state index is 0.824. The summed E-state index contributed by atoms with van der Waals surface area (Å²) in [5.74, 6) is 0.882. The lowest BCUT2D eigenvalue weighted by Crippen LogP contribution is -1.91. The summed E-state index contributed by atoms with van der Waals surface area (Å²) in [6.45, 7) is 2.16. The number of hydrogen-bond donors (Lipinski definition) is 1. The smallest absolute Gasteiger partial charge is 0.137 e. The molecule has 106 valence electrons. The van der Waals surface area contributed by atoms with Gasteiger partial charge in [0.05, 0.1) is 11.9 Å². The molecule has 0 unspecified atom stereocenters. The van der Waals surface area contributed by atoms with Crippen molar-refractivity contribution in [3.8, 4) is 22.6 Å². The summed E-state index contributed by atoms with van der Waals surface area (Å²) in [5, 5.41) is 0.824. The molecule has 0 radical (unpaired) electrons. The van der Waals surface area contributed by atoms with Gasteiger partial charge in [0.2, 0.25) is 0 Å². The molecule has 3 rings (SSSR count). The summed E-state index contributed by atoms with van der Waals surface area (Å²) in [6.07, 6.45) is 3.91. The van der Waals surface area contributed by atoms with E-state index in [0.29, 0.717) is 0 Å². The Kier molecular flexibility index (Phi) is 4.07. The molecule has 3 heteroatoms. The third-order valence-corrected chi connectivity index (χ3v) is 3.89. The first-order chi connectivity index (χ1) is 10.3. The van der Waals surface area contributed by atoms with Crippen molar-refractivity contribution in [2.24, 2.45) is 0 Å². The van der Waals surface area contributed by atoms with E-state index >= 15 is 0 Å². The fraction of sp³-hybridized carbons (Fsp3) is 0.167. The molecule has 0 atom stereocenters. The van der Waals surface area contributed by atoms with Gasteiger partial charge in [-0.15, -0.1) is 0 Å². The van der Waals surface area contributed by atoms with Crippen LogP contribution in [-0.4, -0.2) is 9.97 Å². The number of aromatic nitrogens is 2. The molecule has 2 aromatic carbocycles. The van der Waals surface area contributed by atoms with Crippen LogP contribution in [0.1, 0.15) is 18.9 Å². The van der Waals surface area contributed by atoms with Gasteiger partial charge in [0, 0.05) is 16.1 Å². The molecule has 0 saturated carbocycles. The topological polar surface area (TPSA) is 28.7 Å². The molecule has 0 aliphatic heterocycles. The number of nitrogens with one attached hydrogen (secondary N) is 1. The van der Waals surface area contributed by atoms with Gasteiger partial charge in [-0.2, -0.15) is 0 Å². The van der Waals surface area contributed by atoms with Gasteiger partial charge in [-0.05, 0) is 18.1 Å². The highest BCUT2D eigenvalue weighted by atomic mass is 35.5. The summed E-state index contributed by atoms with van der Waals surface area (Å²) in [4.78, 5) is 7.90. The zero-order chi connectivity index (χ0) is 14.7. The maximum Gasteiger partial charge on any atom is 0.137 e. The molecule has 1 N–H and O–H groups in total. The highest BCUT2D eigenvalue weighted by Gasteiger charge is 2.11. The molecule has 0 amide bonds. The van der Waals surface area contributed by atoms with Crippen LogP contribution in [0.3, 0.4) is 0 Å². The summed E-state index contributed by atoms with van der Waals surface area (Å²) in [6, 6.07) is 16.2. The average molecular weight is 297 g/mol. The zero-order valence-corrected chi connectivity index (χ0v) is 12.7. The molecule has 3 aromatic rings.